The van der Waals surface area contributed by atoms with E-state index >= 15 is 0 Å². The van der Waals surface area contributed by atoms with E-state index in [0.717, 1.165) is 35.4 Å². The second-order valence-electron chi connectivity index (χ2n) is 4.73. The van der Waals surface area contributed by atoms with Gasteiger partial charge in [-0.25, -0.2) is 0 Å². The van der Waals surface area contributed by atoms with Gasteiger partial charge in [-0.2, -0.15) is 0 Å². The van der Waals surface area contributed by atoms with Crippen LogP contribution in [-0.2, 0) is 0 Å². The van der Waals surface area contributed by atoms with Crippen LogP contribution in [0.15, 0.2) is 60.8 Å². The number of hydrogen-bond acceptors (Lipinski definition) is 2. The zero-order valence-corrected chi connectivity index (χ0v) is 11.5. The fourth-order valence-electron chi connectivity index (χ4n) is 2.33. The number of aromatic nitrogens is 1. The molecular weight excluding hydrogens is 246 g/mol. The fourth-order valence-corrected chi connectivity index (χ4v) is 2.33. The second kappa shape index (κ2) is 5.74. The van der Waals surface area contributed by atoms with Gasteiger partial charge in [0, 0.05) is 17.1 Å². The Morgan fingerprint density at radius 3 is 2.65 bits per heavy atom. The molecule has 0 aliphatic heterocycles. The standard InChI is InChI=1S/C18H17NO/c1-2-13-20-17-10-6-5-9-16(17)18-15-8-4-3-7-14(15)11-12-19-18/h3-12H,2,13H2,1H3. The first-order chi connectivity index (χ1) is 9.90. The van der Waals surface area contributed by atoms with Crippen LogP contribution in [0.2, 0.25) is 0 Å². The molecule has 0 spiro atoms. The Labute approximate surface area is 119 Å². The van der Waals surface area contributed by atoms with Crippen molar-refractivity contribution in [3.05, 3.63) is 60.8 Å². The number of benzene rings is 2. The highest BCUT2D eigenvalue weighted by molar-refractivity contribution is 5.95. The van der Waals surface area contributed by atoms with Gasteiger partial charge in [-0.3, -0.25) is 4.98 Å². The summed E-state index contributed by atoms with van der Waals surface area (Å²) in [5, 5.41) is 2.35. The molecule has 100 valence electrons. The molecule has 0 aliphatic rings. The molecule has 20 heavy (non-hydrogen) atoms. The number of rotatable bonds is 4. The Kier molecular flexibility index (Phi) is 3.64. The minimum Gasteiger partial charge on any atom is -0.493 e. The van der Waals surface area contributed by atoms with Crippen molar-refractivity contribution in [1.29, 1.82) is 0 Å². The van der Waals surface area contributed by atoms with Crippen molar-refractivity contribution >= 4 is 10.8 Å². The quantitative estimate of drug-likeness (QED) is 0.681. The van der Waals surface area contributed by atoms with Crippen molar-refractivity contribution in [1.82, 2.24) is 4.98 Å². The van der Waals surface area contributed by atoms with E-state index in [2.05, 4.69) is 30.1 Å². The third-order valence-corrected chi connectivity index (χ3v) is 3.28. The van der Waals surface area contributed by atoms with Crippen LogP contribution in [0.25, 0.3) is 22.0 Å². The topological polar surface area (TPSA) is 22.1 Å². The van der Waals surface area contributed by atoms with Crippen LogP contribution in [0.4, 0.5) is 0 Å². The predicted molar refractivity (Wildman–Crippen MR) is 83.0 cm³/mol. The van der Waals surface area contributed by atoms with Crippen molar-refractivity contribution < 1.29 is 4.74 Å². The third-order valence-electron chi connectivity index (χ3n) is 3.28. The van der Waals surface area contributed by atoms with Crippen LogP contribution in [-0.4, -0.2) is 11.6 Å². The first-order valence-corrected chi connectivity index (χ1v) is 6.96. The fraction of sp³-hybridized carbons (Fsp3) is 0.167. The summed E-state index contributed by atoms with van der Waals surface area (Å²) in [5.74, 6) is 0.901. The molecule has 0 fully saturated rings. The largest absolute Gasteiger partial charge is 0.493 e. The first-order valence-electron chi connectivity index (χ1n) is 6.96. The second-order valence-corrected chi connectivity index (χ2v) is 4.73. The molecule has 0 aliphatic carbocycles. The molecule has 0 bridgehead atoms. The zero-order chi connectivity index (χ0) is 13.8. The van der Waals surface area contributed by atoms with Crippen molar-refractivity contribution in [2.24, 2.45) is 0 Å². The number of ether oxygens (including phenoxy) is 1. The Morgan fingerprint density at radius 2 is 1.75 bits per heavy atom. The molecule has 1 heterocycles. The van der Waals surface area contributed by atoms with Gasteiger partial charge in [0.2, 0.25) is 0 Å². The molecule has 1 aromatic heterocycles. The molecule has 0 amide bonds. The number of hydrogen-bond donors (Lipinski definition) is 0. The van der Waals surface area contributed by atoms with Crippen LogP contribution >= 0.6 is 0 Å². The van der Waals surface area contributed by atoms with Gasteiger partial charge in [0.1, 0.15) is 5.75 Å². The predicted octanol–water partition coefficient (Wildman–Crippen LogP) is 4.69. The minimum absolute atomic E-state index is 0.724. The van der Waals surface area contributed by atoms with Crippen molar-refractivity contribution in [3.63, 3.8) is 0 Å². The Balaban J connectivity index is 2.16. The van der Waals surface area contributed by atoms with Gasteiger partial charge in [0.25, 0.3) is 0 Å². The molecule has 2 nitrogen and oxygen atoms in total. The van der Waals surface area contributed by atoms with Crippen LogP contribution < -0.4 is 4.74 Å². The molecule has 3 aromatic rings. The smallest absolute Gasteiger partial charge is 0.128 e. The maximum atomic E-state index is 5.85. The summed E-state index contributed by atoms with van der Waals surface area (Å²) >= 11 is 0. The summed E-state index contributed by atoms with van der Waals surface area (Å²) in [6, 6.07) is 18.4. The van der Waals surface area contributed by atoms with Crippen LogP contribution in [0.1, 0.15) is 13.3 Å². The summed E-state index contributed by atoms with van der Waals surface area (Å²) in [7, 11) is 0. The van der Waals surface area contributed by atoms with Gasteiger partial charge < -0.3 is 4.74 Å². The molecule has 0 unspecified atom stereocenters. The summed E-state index contributed by atoms with van der Waals surface area (Å²) in [6.45, 7) is 2.83. The Hall–Kier alpha value is -2.35. The van der Waals surface area contributed by atoms with Gasteiger partial charge in [-0.15, -0.1) is 0 Å². The Bertz CT molecular complexity index is 716. The first kappa shape index (κ1) is 12.7. The van der Waals surface area contributed by atoms with Crippen LogP contribution in [0.5, 0.6) is 5.75 Å². The molecule has 0 radical (unpaired) electrons. The van der Waals surface area contributed by atoms with Gasteiger partial charge in [-0.05, 0) is 30.0 Å². The zero-order valence-electron chi connectivity index (χ0n) is 11.5. The summed E-state index contributed by atoms with van der Waals surface area (Å²) in [6.07, 6.45) is 2.85. The van der Waals surface area contributed by atoms with Crippen LogP contribution in [0, 0.1) is 0 Å². The normalized spacial score (nSPS) is 10.7. The maximum absolute atomic E-state index is 5.85. The molecule has 0 N–H and O–H groups in total. The maximum Gasteiger partial charge on any atom is 0.128 e. The van der Waals surface area contributed by atoms with Crippen molar-refractivity contribution in [3.8, 4) is 17.0 Å². The number of fused-ring (bicyclic) bond motifs is 1. The molecule has 3 rings (SSSR count). The lowest BCUT2D eigenvalue weighted by atomic mass is 10.0. The van der Waals surface area contributed by atoms with Crippen LogP contribution in [0.3, 0.4) is 0 Å². The van der Waals surface area contributed by atoms with Gasteiger partial charge in [0.05, 0.1) is 12.3 Å². The average Bonchev–Trinajstić information content (AvgIpc) is 2.53. The van der Waals surface area contributed by atoms with Crippen molar-refractivity contribution in [2.45, 2.75) is 13.3 Å². The lowest BCUT2D eigenvalue weighted by molar-refractivity contribution is 0.318. The van der Waals surface area contributed by atoms with E-state index in [1.807, 2.05) is 42.6 Å². The lowest BCUT2D eigenvalue weighted by Crippen LogP contribution is -1.97. The number of nitrogens with zero attached hydrogens (tertiary/aromatic N) is 1. The molecule has 0 atom stereocenters. The van der Waals surface area contributed by atoms with E-state index in [-0.39, 0.29) is 0 Å². The number of para-hydroxylation sites is 1. The molecule has 0 saturated heterocycles. The summed E-state index contributed by atoms with van der Waals surface area (Å²) in [5.41, 5.74) is 2.03. The minimum atomic E-state index is 0.724. The highest BCUT2D eigenvalue weighted by Gasteiger charge is 2.10. The summed E-state index contributed by atoms with van der Waals surface area (Å²) < 4.78 is 5.85. The molecule has 0 saturated carbocycles. The summed E-state index contributed by atoms with van der Waals surface area (Å²) in [4.78, 5) is 4.57. The lowest BCUT2D eigenvalue weighted by Gasteiger charge is -2.12. The monoisotopic (exact) mass is 263 g/mol. The van der Waals surface area contributed by atoms with E-state index in [1.165, 1.54) is 5.39 Å². The highest BCUT2D eigenvalue weighted by atomic mass is 16.5. The van der Waals surface area contributed by atoms with E-state index in [4.69, 9.17) is 4.74 Å². The van der Waals surface area contributed by atoms with E-state index in [1.54, 1.807) is 0 Å². The third kappa shape index (κ3) is 2.37. The van der Waals surface area contributed by atoms with Gasteiger partial charge >= 0.3 is 0 Å². The Morgan fingerprint density at radius 1 is 0.950 bits per heavy atom. The SMILES string of the molecule is CCCOc1ccccc1-c1nccc2ccccc12. The van der Waals surface area contributed by atoms with E-state index in [9.17, 15) is 0 Å². The van der Waals surface area contributed by atoms with Gasteiger partial charge in [0.15, 0.2) is 0 Å². The number of pyridine rings is 1. The molecule has 2 aromatic carbocycles. The highest BCUT2D eigenvalue weighted by Crippen LogP contribution is 2.33. The molecule has 2 heteroatoms. The van der Waals surface area contributed by atoms with Crippen molar-refractivity contribution in [2.75, 3.05) is 6.61 Å². The van der Waals surface area contributed by atoms with E-state index < -0.39 is 0 Å². The van der Waals surface area contributed by atoms with Gasteiger partial charge in [-0.1, -0.05) is 43.3 Å². The van der Waals surface area contributed by atoms with E-state index in [0.29, 0.717) is 0 Å². The molecular formula is C18H17NO. The average molecular weight is 263 g/mol.